The maximum atomic E-state index is 13.7. The first-order chi connectivity index (χ1) is 9.85. The van der Waals surface area contributed by atoms with Crippen LogP contribution in [0, 0.1) is 11.6 Å². The van der Waals surface area contributed by atoms with Crippen LogP contribution < -0.4 is 10.5 Å². The Morgan fingerprint density at radius 1 is 1.19 bits per heavy atom. The molecular formula is C13H11ClF2N2O2S. The minimum atomic E-state index is -4.30. The Morgan fingerprint density at radius 2 is 1.90 bits per heavy atom. The lowest BCUT2D eigenvalue weighted by atomic mass is 10.2. The van der Waals surface area contributed by atoms with Crippen LogP contribution in [0.1, 0.15) is 5.56 Å². The first-order valence-corrected chi connectivity index (χ1v) is 7.66. The van der Waals surface area contributed by atoms with Gasteiger partial charge >= 0.3 is 0 Å². The number of nitrogens with one attached hydrogen (secondary N) is 1. The van der Waals surface area contributed by atoms with Crippen LogP contribution in [0.4, 0.5) is 14.5 Å². The van der Waals surface area contributed by atoms with Gasteiger partial charge in [-0.25, -0.2) is 17.2 Å². The van der Waals surface area contributed by atoms with Gasteiger partial charge in [-0.3, -0.25) is 4.72 Å². The summed E-state index contributed by atoms with van der Waals surface area (Å²) < 4.78 is 53.7. The minimum absolute atomic E-state index is 0.0499. The number of hydrogen-bond donors (Lipinski definition) is 2. The highest BCUT2D eigenvalue weighted by Gasteiger charge is 2.21. The molecule has 0 heterocycles. The van der Waals surface area contributed by atoms with E-state index in [1.165, 1.54) is 24.3 Å². The molecule has 0 fully saturated rings. The lowest BCUT2D eigenvalue weighted by molar-refractivity contribution is 0.568. The maximum absolute atomic E-state index is 13.7. The summed E-state index contributed by atoms with van der Waals surface area (Å²) in [6, 6.07) is 7.28. The third-order valence-corrected chi connectivity index (χ3v) is 4.39. The van der Waals surface area contributed by atoms with Crippen molar-refractivity contribution >= 4 is 27.3 Å². The molecule has 0 saturated heterocycles. The molecule has 0 spiro atoms. The van der Waals surface area contributed by atoms with Crippen molar-refractivity contribution in [2.75, 3.05) is 4.72 Å². The topological polar surface area (TPSA) is 72.2 Å². The fourth-order valence-electron chi connectivity index (χ4n) is 1.66. The highest BCUT2D eigenvalue weighted by atomic mass is 35.5. The summed E-state index contributed by atoms with van der Waals surface area (Å²) in [5, 5.41) is -0.244. The van der Waals surface area contributed by atoms with Crippen LogP contribution in [0.2, 0.25) is 5.02 Å². The van der Waals surface area contributed by atoms with E-state index in [9.17, 15) is 17.2 Å². The molecular weight excluding hydrogens is 322 g/mol. The Labute approximate surface area is 125 Å². The van der Waals surface area contributed by atoms with E-state index in [0.29, 0.717) is 5.56 Å². The monoisotopic (exact) mass is 332 g/mol. The number of nitrogens with two attached hydrogens (primary N) is 1. The Kier molecular flexibility index (Phi) is 4.46. The second-order valence-corrected chi connectivity index (χ2v) is 6.23. The van der Waals surface area contributed by atoms with Gasteiger partial charge < -0.3 is 5.73 Å². The number of hydrogen-bond acceptors (Lipinski definition) is 3. The molecule has 0 unspecified atom stereocenters. The molecule has 2 aromatic rings. The van der Waals surface area contributed by atoms with Gasteiger partial charge in [0.2, 0.25) is 0 Å². The zero-order chi connectivity index (χ0) is 15.6. The van der Waals surface area contributed by atoms with Crippen molar-refractivity contribution in [2.24, 2.45) is 5.73 Å². The highest BCUT2D eigenvalue weighted by Crippen LogP contribution is 2.25. The Balaban J connectivity index is 2.46. The predicted octanol–water partition coefficient (Wildman–Crippen LogP) is 2.88. The Bertz CT molecular complexity index is 782. The summed E-state index contributed by atoms with van der Waals surface area (Å²) in [5.41, 5.74) is 5.47. The van der Waals surface area contributed by atoms with E-state index in [4.69, 9.17) is 17.3 Å². The zero-order valence-corrected chi connectivity index (χ0v) is 12.2. The summed E-state index contributed by atoms with van der Waals surface area (Å²) in [7, 11) is -4.30. The molecule has 0 aliphatic heterocycles. The Hall–Kier alpha value is -1.70. The van der Waals surface area contributed by atoms with Crippen molar-refractivity contribution in [3.05, 3.63) is 58.6 Å². The summed E-state index contributed by atoms with van der Waals surface area (Å²) in [5.74, 6) is -1.89. The summed E-state index contributed by atoms with van der Waals surface area (Å²) in [4.78, 5) is -0.607. The smallest absolute Gasteiger partial charge is 0.264 e. The summed E-state index contributed by atoms with van der Waals surface area (Å²) in [6.07, 6.45) is 0. The molecule has 112 valence electrons. The Morgan fingerprint density at radius 3 is 2.57 bits per heavy atom. The molecule has 2 rings (SSSR count). The van der Waals surface area contributed by atoms with Gasteiger partial charge in [0.15, 0.2) is 5.82 Å². The molecule has 0 saturated carbocycles. The molecule has 0 radical (unpaired) electrons. The lowest BCUT2D eigenvalue weighted by Crippen LogP contribution is -2.16. The minimum Gasteiger partial charge on any atom is -0.326 e. The quantitative estimate of drug-likeness (QED) is 0.904. The molecule has 4 nitrogen and oxygen atoms in total. The third-order valence-electron chi connectivity index (χ3n) is 2.72. The van der Waals surface area contributed by atoms with E-state index in [0.717, 1.165) is 12.1 Å². The maximum Gasteiger partial charge on any atom is 0.264 e. The number of halogens is 3. The van der Waals surface area contributed by atoms with Crippen LogP contribution in [0.15, 0.2) is 41.3 Å². The van der Waals surface area contributed by atoms with E-state index in [-0.39, 0.29) is 17.3 Å². The van der Waals surface area contributed by atoms with E-state index >= 15 is 0 Å². The average molecular weight is 333 g/mol. The van der Waals surface area contributed by atoms with E-state index in [2.05, 4.69) is 0 Å². The van der Waals surface area contributed by atoms with Crippen LogP contribution in [-0.2, 0) is 16.6 Å². The fraction of sp³-hybridized carbons (Fsp3) is 0.0769. The fourth-order valence-corrected chi connectivity index (χ4v) is 3.03. The zero-order valence-electron chi connectivity index (χ0n) is 10.6. The molecule has 0 amide bonds. The van der Waals surface area contributed by atoms with Crippen molar-refractivity contribution in [3.8, 4) is 0 Å². The van der Waals surface area contributed by atoms with Gasteiger partial charge in [-0.2, -0.15) is 0 Å². The van der Waals surface area contributed by atoms with Crippen molar-refractivity contribution in [1.29, 1.82) is 0 Å². The molecule has 0 aliphatic rings. The molecule has 2 aromatic carbocycles. The molecule has 0 atom stereocenters. The predicted molar refractivity (Wildman–Crippen MR) is 76.5 cm³/mol. The van der Waals surface area contributed by atoms with Gasteiger partial charge in [-0.15, -0.1) is 0 Å². The van der Waals surface area contributed by atoms with Crippen LogP contribution in [0.5, 0.6) is 0 Å². The second-order valence-electron chi connectivity index (χ2n) is 4.18. The highest BCUT2D eigenvalue weighted by molar-refractivity contribution is 7.92. The molecule has 0 bridgehead atoms. The van der Waals surface area contributed by atoms with Crippen molar-refractivity contribution in [1.82, 2.24) is 0 Å². The van der Waals surface area contributed by atoms with Crippen LogP contribution in [0.3, 0.4) is 0 Å². The number of sulfonamides is 1. The van der Waals surface area contributed by atoms with Gasteiger partial charge in [0.1, 0.15) is 10.7 Å². The van der Waals surface area contributed by atoms with Crippen LogP contribution in [0.25, 0.3) is 0 Å². The number of anilines is 1. The van der Waals surface area contributed by atoms with Crippen LogP contribution >= 0.6 is 11.6 Å². The molecule has 21 heavy (non-hydrogen) atoms. The van der Waals surface area contributed by atoms with E-state index < -0.39 is 26.6 Å². The van der Waals surface area contributed by atoms with E-state index in [1.807, 2.05) is 4.72 Å². The van der Waals surface area contributed by atoms with Crippen molar-refractivity contribution in [2.45, 2.75) is 11.4 Å². The van der Waals surface area contributed by atoms with Gasteiger partial charge in [-0.1, -0.05) is 23.7 Å². The van der Waals surface area contributed by atoms with Gasteiger partial charge in [-0.05, 0) is 29.8 Å². The van der Waals surface area contributed by atoms with Gasteiger partial charge in [0.05, 0.1) is 10.7 Å². The SMILES string of the molecule is NCc1ccc(F)c(S(=O)(=O)Nc2cccc(Cl)c2F)c1. The van der Waals surface area contributed by atoms with Crippen molar-refractivity contribution in [3.63, 3.8) is 0 Å². The van der Waals surface area contributed by atoms with Gasteiger partial charge in [0, 0.05) is 6.54 Å². The molecule has 3 N–H and O–H groups in total. The van der Waals surface area contributed by atoms with E-state index in [1.54, 1.807) is 0 Å². The number of benzene rings is 2. The lowest BCUT2D eigenvalue weighted by Gasteiger charge is -2.11. The third kappa shape index (κ3) is 3.31. The van der Waals surface area contributed by atoms with Gasteiger partial charge in [0.25, 0.3) is 10.0 Å². The largest absolute Gasteiger partial charge is 0.326 e. The summed E-state index contributed by atoms with van der Waals surface area (Å²) >= 11 is 5.57. The number of rotatable bonds is 4. The molecule has 0 aliphatic carbocycles. The summed E-state index contributed by atoms with van der Waals surface area (Å²) in [6.45, 7) is 0.0499. The second kappa shape index (κ2) is 5.97. The first-order valence-electron chi connectivity index (χ1n) is 5.80. The van der Waals surface area contributed by atoms with Crippen LogP contribution in [-0.4, -0.2) is 8.42 Å². The molecule has 0 aromatic heterocycles. The molecule has 8 heteroatoms. The average Bonchev–Trinajstić information content (AvgIpc) is 2.44. The normalized spacial score (nSPS) is 11.4. The first kappa shape index (κ1) is 15.7. The standard InChI is InChI=1S/C13H11ClF2N2O2S/c14-9-2-1-3-11(13(9)16)18-21(19,20)12-6-8(7-17)4-5-10(12)15/h1-6,18H,7,17H2. The van der Waals surface area contributed by atoms with Crippen molar-refractivity contribution < 1.29 is 17.2 Å².